The highest BCUT2D eigenvalue weighted by Gasteiger charge is 2.27. The predicted molar refractivity (Wildman–Crippen MR) is 70.5 cm³/mol. The fourth-order valence-corrected chi connectivity index (χ4v) is 2.09. The summed E-state index contributed by atoms with van der Waals surface area (Å²) >= 11 is 0.365. The van der Waals surface area contributed by atoms with Crippen LogP contribution < -0.4 is 4.18 Å². The second-order valence-electron chi connectivity index (χ2n) is 4.08. The Bertz CT molecular complexity index is 720. The molecule has 0 heterocycles. The lowest BCUT2D eigenvalue weighted by molar-refractivity contribution is 0.0600. The first-order valence-electron chi connectivity index (χ1n) is 5.91. The number of carbonyl (C=O) groups excluding carboxylic acids is 1. The van der Waals surface area contributed by atoms with Crippen LogP contribution in [0.25, 0.3) is 0 Å². The number of hydrogen-bond donors (Lipinski definition) is 0. The lowest BCUT2D eigenvalue weighted by Crippen LogP contribution is -2.03. The summed E-state index contributed by atoms with van der Waals surface area (Å²) in [6.45, 7) is 0. The monoisotopic (exact) mass is 350 g/mol. The Hall–Kier alpha value is -2.29. The minimum Gasteiger partial charge on any atom is -0.465 e. The molecule has 2 aromatic carbocycles. The average molecular weight is 350 g/mol. The van der Waals surface area contributed by atoms with Crippen LogP contribution in [0, 0.1) is 29.1 Å². The van der Waals surface area contributed by atoms with Crippen LogP contribution in [0.15, 0.2) is 29.2 Å². The van der Waals surface area contributed by atoms with Gasteiger partial charge in [0.2, 0.25) is 34.8 Å². The first-order chi connectivity index (χ1) is 10.9. The van der Waals surface area contributed by atoms with Gasteiger partial charge in [-0.15, -0.1) is 0 Å². The van der Waals surface area contributed by atoms with Crippen molar-refractivity contribution >= 4 is 18.0 Å². The van der Waals surface area contributed by atoms with Crippen molar-refractivity contribution in [2.75, 3.05) is 7.11 Å². The minimum atomic E-state index is -2.26. The summed E-state index contributed by atoms with van der Waals surface area (Å²) in [6, 6.07) is 5.39. The summed E-state index contributed by atoms with van der Waals surface area (Å²) in [5.74, 6) is -12.6. The van der Waals surface area contributed by atoms with E-state index in [1.807, 2.05) is 0 Å². The molecule has 0 fully saturated rings. The highest BCUT2D eigenvalue weighted by atomic mass is 32.2. The molecule has 0 bridgehead atoms. The standard InChI is InChI=1S/C14H7F5O3S/c1-21-14(20)6-2-4-7(5-3-6)23-22-13-11(18)9(16)8(15)10(17)12(13)19/h2-5H,1H3. The van der Waals surface area contributed by atoms with E-state index in [1.165, 1.54) is 31.4 Å². The number of carbonyl (C=O) groups is 1. The van der Waals surface area contributed by atoms with E-state index in [4.69, 9.17) is 0 Å². The van der Waals surface area contributed by atoms with Crippen molar-refractivity contribution in [3.8, 4) is 5.75 Å². The second kappa shape index (κ2) is 6.86. The van der Waals surface area contributed by atoms with Gasteiger partial charge in [0.1, 0.15) is 0 Å². The number of esters is 1. The zero-order valence-corrected chi connectivity index (χ0v) is 12.1. The maximum Gasteiger partial charge on any atom is 0.337 e. The van der Waals surface area contributed by atoms with Crippen LogP contribution in [-0.4, -0.2) is 13.1 Å². The maximum absolute atomic E-state index is 13.4. The van der Waals surface area contributed by atoms with Crippen LogP contribution in [0.1, 0.15) is 10.4 Å². The Morgan fingerprint density at radius 2 is 1.35 bits per heavy atom. The molecular weight excluding hydrogens is 343 g/mol. The Morgan fingerprint density at radius 1 is 0.870 bits per heavy atom. The molecule has 2 rings (SSSR count). The fourth-order valence-electron chi connectivity index (χ4n) is 1.51. The lowest BCUT2D eigenvalue weighted by atomic mass is 10.2. The molecule has 0 aromatic heterocycles. The molecule has 0 aliphatic heterocycles. The van der Waals surface area contributed by atoms with Gasteiger partial charge < -0.3 is 8.92 Å². The molecule has 0 radical (unpaired) electrons. The van der Waals surface area contributed by atoms with E-state index in [2.05, 4.69) is 8.92 Å². The van der Waals surface area contributed by atoms with Gasteiger partial charge >= 0.3 is 5.97 Å². The SMILES string of the molecule is COC(=O)c1ccc(SOc2c(F)c(F)c(F)c(F)c2F)cc1. The summed E-state index contributed by atoms with van der Waals surface area (Å²) in [5, 5.41) is 0. The van der Waals surface area contributed by atoms with Crippen molar-refractivity contribution in [1.29, 1.82) is 0 Å². The Balaban J connectivity index is 2.20. The van der Waals surface area contributed by atoms with Crippen molar-refractivity contribution < 1.29 is 35.7 Å². The topological polar surface area (TPSA) is 35.5 Å². The van der Waals surface area contributed by atoms with Crippen LogP contribution in [0.4, 0.5) is 22.0 Å². The number of halogens is 5. The van der Waals surface area contributed by atoms with Crippen molar-refractivity contribution in [2.45, 2.75) is 4.90 Å². The van der Waals surface area contributed by atoms with Gasteiger partial charge in [-0.05, 0) is 24.3 Å². The van der Waals surface area contributed by atoms with E-state index in [0.717, 1.165) is 0 Å². The van der Waals surface area contributed by atoms with E-state index in [0.29, 0.717) is 12.0 Å². The summed E-state index contributed by atoms with van der Waals surface area (Å²) in [6.07, 6.45) is 0. The Kier molecular flexibility index (Phi) is 5.09. The largest absolute Gasteiger partial charge is 0.465 e. The molecule has 3 nitrogen and oxygen atoms in total. The zero-order chi connectivity index (χ0) is 17.1. The Morgan fingerprint density at radius 3 is 1.83 bits per heavy atom. The summed E-state index contributed by atoms with van der Waals surface area (Å²) in [5.41, 5.74) is 0.216. The first-order valence-corrected chi connectivity index (χ1v) is 6.65. The molecule has 0 amide bonds. The van der Waals surface area contributed by atoms with Crippen molar-refractivity contribution in [3.63, 3.8) is 0 Å². The van der Waals surface area contributed by atoms with E-state index < -0.39 is 40.8 Å². The van der Waals surface area contributed by atoms with Crippen LogP contribution in [0.5, 0.6) is 5.75 Å². The van der Waals surface area contributed by atoms with Crippen molar-refractivity contribution in [3.05, 3.63) is 58.9 Å². The molecular formula is C14H7F5O3S. The van der Waals surface area contributed by atoms with E-state index in [9.17, 15) is 26.7 Å². The lowest BCUT2D eigenvalue weighted by Gasteiger charge is -2.08. The van der Waals surface area contributed by atoms with Crippen LogP contribution in [0.2, 0.25) is 0 Å². The molecule has 0 spiro atoms. The Labute approximate surface area is 131 Å². The molecule has 0 unspecified atom stereocenters. The number of ether oxygens (including phenoxy) is 1. The molecule has 0 atom stereocenters. The third kappa shape index (κ3) is 3.39. The molecule has 2 aromatic rings. The second-order valence-corrected chi connectivity index (χ2v) is 4.89. The maximum atomic E-state index is 13.4. The van der Waals surface area contributed by atoms with Gasteiger partial charge in [-0.2, -0.15) is 8.78 Å². The van der Waals surface area contributed by atoms with Gasteiger partial charge in [0.05, 0.1) is 24.7 Å². The molecule has 0 aliphatic rings. The van der Waals surface area contributed by atoms with Gasteiger partial charge in [-0.25, -0.2) is 18.0 Å². The molecule has 23 heavy (non-hydrogen) atoms. The normalized spacial score (nSPS) is 10.5. The first kappa shape index (κ1) is 17.1. The summed E-state index contributed by atoms with van der Waals surface area (Å²) in [7, 11) is 1.19. The minimum absolute atomic E-state index is 0.216. The van der Waals surface area contributed by atoms with E-state index in [-0.39, 0.29) is 10.5 Å². The summed E-state index contributed by atoms with van der Waals surface area (Å²) in [4.78, 5) is 11.5. The molecule has 0 saturated heterocycles. The molecule has 9 heteroatoms. The number of benzene rings is 2. The molecule has 0 aliphatic carbocycles. The van der Waals surface area contributed by atoms with E-state index in [1.54, 1.807) is 0 Å². The van der Waals surface area contributed by atoms with Crippen LogP contribution in [0.3, 0.4) is 0 Å². The van der Waals surface area contributed by atoms with Crippen molar-refractivity contribution in [2.24, 2.45) is 0 Å². The van der Waals surface area contributed by atoms with Gasteiger partial charge in [-0.3, -0.25) is 0 Å². The summed E-state index contributed by atoms with van der Waals surface area (Å²) < 4.78 is 74.8. The van der Waals surface area contributed by atoms with Gasteiger partial charge in [0.25, 0.3) is 0 Å². The smallest absolute Gasteiger partial charge is 0.337 e. The molecule has 0 saturated carbocycles. The zero-order valence-electron chi connectivity index (χ0n) is 11.3. The third-order valence-electron chi connectivity index (χ3n) is 2.67. The molecule has 122 valence electrons. The third-order valence-corrected chi connectivity index (χ3v) is 3.38. The highest BCUT2D eigenvalue weighted by Crippen LogP contribution is 2.33. The van der Waals surface area contributed by atoms with Gasteiger partial charge in [0, 0.05) is 4.90 Å². The van der Waals surface area contributed by atoms with Gasteiger partial charge in [-0.1, -0.05) is 0 Å². The predicted octanol–water partition coefficient (Wildman–Crippen LogP) is 4.25. The van der Waals surface area contributed by atoms with E-state index >= 15 is 0 Å². The fraction of sp³-hybridized carbons (Fsp3) is 0.0714. The van der Waals surface area contributed by atoms with Crippen LogP contribution >= 0.6 is 12.0 Å². The number of rotatable bonds is 4. The van der Waals surface area contributed by atoms with Crippen LogP contribution in [-0.2, 0) is 4.74 Å². The number of methoxy groups -OCH3 is 1. The average Bonchev–Trinajstić information content (AvgIpc) is 2.58. The number of hydrogen-bond acceptors (Lipinski definition) is 4. The van der Waals surface area contributed by atoms with Crippen molar-refractivity contribution in [1.82, 2.24) is 0 Å². The van der Waals surface area contributed by atoms with Gasteiger partial charge in [0.15, 0.2) is 0 Å². The quantitative estimate of drug-likeness (QED) is 0.271. The molecule has 0 N–H and O–H groups in total. The highest BCUT2D eigenvalue weighted by molar-refractivity contribution is 7.95.